The number of ether oxygens (including phenoxy) is 2. The summed E-state index contributed by atoms with van der Waals surface area (Å²) in [6, 6.07) is 26.4. The van der Waals surface area contributed by atoms with Crippen molar-refractivity contribution in [3.05, 3.63) is 107 Å². The molecule has 4 aromatic rings. The number of rotatable bonds is 4. The zero-order valence-electron chi connectivity index (χ0n) is 20.8. The lowest BCUT2D eigenvalue weighted by Crippen LogP contribution is -2.31. The lowest BCUT2D eigenvalue weighted by Gasteiger charge is -2.31. The number of benzene rings is 4. The third-order valence-corrected chi connectivity index (χ3v) is 8.72. The minimum absolute atomic E-state index is 0.267. The molecule has 37 heavy (non-hydrogen) atoms. The van der Waals surface area contributed by atoms with E-state index in [1.165, 1.54) is 11.1 Å². The summed E-state index contributed by atoms with van der Waals surface area (Å²) in [4.78, 5) is 4.72. The van der Waals surface area contributed by atoms with Crippen molar-refractivity contribution in [1.29, 1.82) is 0 Å². The summed E-state index contributed by atoms with van der Waals surface area (Å²) in [5.74, 6) is 1.81. The number of fused-ring (bicyclic) bond motifs is 2. The monoisotopic (exact) mass is 512 g/mol. The second kappa shape index (κ2) is 9.16. The predicted octanol–water partition coefficient (Wildman–Crippen LogP) is 5.85. The lowest BCUT2D eigenvalue weighted by molar-refractivity contribution is 0.289. The van der Waals surface area contributed by atoms with Crippen LogP contribution in [0.5, 0.6) is 11.5 Å². The summed E-state index contributed by atoms with van der Waals surface area (Å²) in [7, 11) is -3.64. The van der Waals surface area contributed by atoms with Gasteiger partial charge in [0, 0.05) is 35.6 Å². The Morgan fingerprint density at radius 3 is 1.41 bits per heavy atom. The molecular weight excluding hydrogens is 484 g/mol. The van der Waals surface area contributed by atoms with E-state index in [-0.39, 0.29) is 9.79 Å². The zero-order valence-corrected chi connectivity index (χ0v) is 21.7. The van der Waals surface area contributed by atoms with Crippen molar-refractivity contribution in [3.63, 3.8) is 0 Å². The standard InChI is InChI=1S/C30H28N2O4S/c1-21-3-13-29-23(15-21)17-31(19-35-29)25-5-9-27(10-6-25)37(33,34)28-11-7-26(8-12-28)32-18-24-16-22(2)4-14-30(24)36-20-32/h3-16H,17-20H2,1-2H3. The molecule has 0 aliphatic carbocycles. The van der Waals surface area contributed by atoms with E-state index in [1.54, 1.807) is 24.3 Å². The number of sulfone groups is 1. The summed E-state index contributed by atoms with van der Waals surface area (Å²) in [6.45, 7) is 6.41. The van der Waals surface area contributed by atoms with Crippen LogP contribution in [-0.4, -0.2) is 21.9 Å². The Bertz CT molecular complexity index is 1450. The smallest absolute Gasteiger partial charge is 0.206 e. The maximum absolute atomic E-state index is 13.3. The zero-order chi connectivity index (χ0) is 25.6. The molecule has 0 saturated heterocycles. The van der Waals surface area contributed by atoms with Gasteiger partial charge < -0.3 is 19.3 Å². The summed E-state index contributed by atoms with van der Waals surface area (Å²) in [5, 5.41) is 0. The van der Waals surface area contributed by atoms with Gasteiger partial charge in [-0.15, -0.1) is 0 Å². The van der Waals surface area contributed by atoms with Gasteiger partial charge in [-0.25, -0.2) is 8.42 Å². The van der Waals surface area contributed by atoms with Crippen LogP contribution in [0.4, 0.5) is 11.4 Å². The van der Waals surface area contributed by atoms with Crippen molar-refractivity contribution >= 4 is 21.2 Å². The molecule has 2 heterocycles. The highest BCUT2D eigenvalue weighted by atomic mass is 32.2. The molecule has 0 atom stereocenters. The van der Waals surface area contributed by atoms with Gasteiger partial charge in [0.15, 0.2) is 13.5 Å². The summed E-state index contributed by atoms with van der Waals surface area (Å²) >= 11 is 0. The van der Waals surface area contributed by atoms with E-state index in [0.717, 1.165) is 47.1 Å². The van der Waals surface area contributed by atoms with Gasteiger partial charge in [-0.2, -0.15) is 0 Å². The van der Waals surface area contributed by atoms with Crippen molar-refractivity contribution in [3.8, 4) is 11.5 Å². The van der Waals surface area contributed by atoms with Gasteiger partial charge >= 0.3 is 0 Å². The van der Waals surface area contributed by atoms with Gasteiger partial charge in [0.1, 0.15) is 11.5 Å². The van der Waals surface area contributed by atoms with E-state index >= 15 is 0 Å². The Labute approximate surface area is 217 Å². The van der Waals surface area contributed by atoms with Crippen molar-refractivity contribution in [1.82, 2.24) is 0 Å². The lowest BCUT2D eigenvalue weighted by atomic mass is 10.1. The quantitative estimate of drug-likeness (QED) is 0.342. The van der Waals surface area contributed by atoms with E-state index < -0.39 is 9.84 Å². The molecule has 0 fully saturated rings. The molecule has 2 aliphatic rings. The second-order valence-corrected chi connectivity index (χ2v) is 11.6. The fraction of sp³-hybridized carbons (Fsp3) is 0.200. The fourth-order valence-electron chi connectivity index (χ4n) is 4.88. The Morgan fingerprint density at radius 2 is 1.00 bits per heavy atom. The second-order valence-electron chi connectivity index (χ2n) is 9.66. The number of hydrogen-bond donors (Lipinski definition) is 0. The van der Waals surface area contributed by atoms with Gasteiger partial charge in [0.05, 0.1) is 9.79 Å². The highest BCUT2D eigenvalue weighted by Gasteiger charge is 2.22. The van der Waals surface area contributed by atoms with Crippen molar-refractivity contribution in [2.75, 3.05) is 23.3 Å². The van der Waals surface area contributed by atoms with Gasteiger partial charge in [-0.1, -0.05) is 35.4 Å². The molecular formula is C30H28N2O4S. The molecule has 0 N–H and O–H groups in total. The molecule has 0 amide bonds. The SMILES string of the molecule is Cc1ccc2c(c1)CN(c1ccc(S(=O)(=O)c3ccc(N4COc5ccc(C)cc5C4)cc3)cc1)CO2. The van der Waals surface area contributed by atoms with Crippen LogP contribution in [0.25, 0.3) is 0 Å². The Hall–Kier alpha value is -3.97. The third kappa shape index (κ3) is 4.51. The first kappa shape index (κ1) is 23.4. The van der Waals surface area contributed by atoms with Crippen LogP contribution in [0, 0.1) is 13.8 Å². The van der Waals surface area contributed by atoms with Crippen molar-refractivity contribution in [2.24, 2.45) is 0 Å². The van der Waals surface area contributed by atoms with E-state index in [2.05, 4.69) is 35.8 Å². The molecule has 2 aliphatic heterocycles. The number of aryl methyl sites for hydroxylation is 2. The number of nitrogens with zero attached hydrogens (tertiary/aromatic N) is 2. The van der Waals surface area contributed by atoms with Crippen LogP contribution < -0.4 is 19.3 Å². The molecule has 4 aromatic carbocycles. The maximum Gasteiger partial charge on any atom is 0.206 e. The molecule has 0 unspecified atom stereocenters. The third-order valence-electron chi connectivity index (χ3n) is 6.93. The van der Waals surface area contributed by atoms with Crippen LogP contribution in [0.2, 0.25) is 0 Å². The molecule has 0 aromatic heterocycles. The van der Waals surface area contributed by atoms with Crippen molar-refractivity contribution < 1.29 is 17.9 Å². The van der Waals surface area contributed by atoms with Gasteiger partial charge in [0.2, 0.25) is 9.84 Å². The highest BCUT2D eigenvalue weighted by Crippen LogP contribution is 2.32. The van der Waals surface area contributed by atoms with Crippen LogP contribution in [0.15, 0.2) is 94.7 Å². The molecule has 0 radical (unpaired) electrons. The molecule has 0 bridgehead atoms. The first-order valence-corrected chi connectivity index (χ1v) is 13.7. The van der Waals surface area contributed by atoms with Crippen LogP contribution >= 0.6 is 0 Å². The largest absolute Gasteiger partial charge is 0.473 e. The summed E-state index contributed by atoms with van der Waals surface area (Å²) in [5.41, 5.74) is 6.46. The predicted molar refractivity (Wildman–Crippen MR) is 144 cm³/mol. The number of hydrogen-bond acceptors (Lipinski definition) is 6. The summed E-state index contributed by atoms with van der Waals surface area (Å²) < 4.78 is 38.5. The Kier molecular flexibility index (Phi) is 5.80. The normalized spacial score (nSPS) is 14.9. The average molecular weight is 513 g/mol. The topological polar surface area (TPSA) is 59.1 Å². The van der Waals surface area contributed by atoms with Gasteiger partial charge in [-0.3, -0.25) is 0 Å². The molecule has 188 valence electrons. The minimum atomic E-state index is -3.64. The summed E-state index contributed by atoms with van der Waals surface area (Å²) in [6.07, 6.45) is 0. The van der Waals surface area contributed by atoms with Crippen LogP contribution in [-0.2, 0) is 22.9 Å². The minimum Gasteiger partial charge on any atom is -0.473 e. The van der Waals surface area contributed by atoms with E-state index in [1.807, 2.05) is 48.5 Å². The van der Waals surface area contributed by atoms with Crippen LogP contribution in [0.1, 0.15) is 22.3 Å². The average Bonchev–Trinajstić information content (AvgIpc) is 2.92. The van der Waals surface area contributed by atoms with E-state index in [0.29, 0.717) is 13.5 Å². The van der Waals surface area contributed by atoms with Crippen molar-refractivity contribution in [2.45, 2.75) is 36.7 Å². The van der Waals surface area contributed by atoms with Gasteiger partial charge in [-0.05, 0) is 74.5 Å². The van der Waals surface area contributed by atoms with Crippen LogP contribution in [0.3, 0.4) is 0 Å². The molecule has 7 heteroatoms. The molecule has 0 saturated carbocycles. The first-order valence-electron chi connectivity index (χ1n) is 12.3. The maximum atomic E-state index is 13.3. The highest BCUT2D eigenvalue weighted by molar-refractivity contribution is 7.91. The molecule has 6 rings (SSSR count). The van der Waals surface area contributed by atoms with E-state index in [9.17, 15) is 8.42 Å². The van der Waals surface area contributed by atoms with Gasteiger partial charge in [0.25, 0.3) is 0 Å². The molecule has 6 nitrogen and oxygen atoms in total. The number of anilines is 2. The Balaban J connectivity index is 1.18. The van der Waals surface area contributed by atoms with E-state index in [4.69, 9.17) is 9.47 Å². The Morgan fingerprint density at radius 1 is 0.595 bits per heavy atom. The first-order chi connectivity index (χ1) is 17.9. The molecule has 0 spiro atoms. The fourth-order valence-corrected chi connectivity index (χ4v) is 6.14.